The summed E-state index contributed by atoms with van der Waals surface area (Å²) in [5.41, 5.74) is 1.71. The normalized spacial score (nSPS) is 36.7. The van der Waals surface area contributed by atoms with Crippen LogP contribution >= 0.6 is 0 Å². The highest BCUT2D eigenvalue weighted by Crippen LogP contribution is 2.75. The summed E-state index contributed by atoms with van der Waals surface area (Å²) >= 11 is 0. The summed E-state index contributed by atoms with van der Waals surface area (Å²) in [7, 11) is 0. The summed E-state index contributed by atoms with van der Waals surface area (Å²) in [5.74, 6) is 2.20. The van der Waals surface area contributed by atoms with Crippen molar-refractivity contribution in [2.75, 3.05) is 13.1 Å². The minimum atomic E-state index is -0.352. The number of carbonyl (C=O) groups excluding carboxylic acids is 2. The Bertz CT molecular complexity index is 1520. The Hall–Kier alpha value is -2.66. The molecule has 5 aliphatic carbocycles. The Kier molecular flexibility index (Phi) is 15.4. The van der Waals surface area contributed by atoms with Gasteiger partial charge in [0.1, 0.15) is 0 Å². The van der Waals surface area contributed by atoms with Crippen molar-refractivity contribution in [3.05, 3.63) is 72.4 Å². The number of unbranched alkanes of at least 4 members (excludes halogenated alkanes) is 1. The number of aliphatic hydroxyl groups excluding tert-OH is 1. The minimum absolute atomic E-state index is 0.0483. The fraction of sp³-hybridized carbons (Fsp3) is 0.725. The third-order valence-electron chi connectivity index (χ3n) is 16.5. The van der Waals surface area contributed by atoms with Crippen LogP contribution in [-0.4, -0.2) is 36.1 Å². The third kappa shape index (κ3) is 9.14. The van der Waals surface area contributed by atoms with E-state index in [1.165, 1.54) is 19.3 Å². The molecule has 4 saturated carbocycles. The Labute approximate surface area is 342 Å². The van der Waals surface area contributed by atoms with E-state index in [0.29, 0.717) is 37.3 Å². The van der Waals surface area contributed by atoms with Crippen molar-refractivity contribution in [1.29, 1.82) is 0 Å². The highest BCUT2D eigenvalue weighted by atomic mass is 16.3. The molecule has 312 valence electrons. The quantitative estimate of drug-likeness (QED) is 0.102. The first-order valence-corrected chi connectivity index (χ1v) is 23.0. The van der Waals surface area contributed by atoms with Gasteiger partial charge in [-0.05, 0) is 142 Å². The van der Waals surface area contributed by atoms with Crippen molar-refractivity contribution < 1.29 is 14.7 Å². The number of fused-ring (bicyclic) bond motifs is 7. The summed E-state index contributed by atoms with van der Waals surface area (Å²) in [6.07, 6.45) is 42.6. The monoisotopic (exact) mass is 769 g/mol. The molecular weight excluding hydrogens is 689 g/mol. The van der Waals surface area contributed by atoms with Crippen molar-refractivity contribution in [1.82, 2.24) is 10.6 Å². The average Bonchev–Trinajstić information content (AvgIpc) is 3.16. The van der Waals surface area contributed by atoms with E-state index in [9.17, 15) is 14.7 Å². The van der Waals surface area contributed by atoms with Gasteiger partial charge in [-0.15, -0.1) is 0 Å². The second-order valence-electron chi connectivity index (χ2n) is 19.9. The molecule has 0 aromatic heterocycles. The number of allylic oxidation sites excluding steroid dienone is 12. The first-order valence-electron chi connectivity index (χ1n) is 23.0. The number of carbonyl (C=O) groups is 2. The van der Waals surface area contributed by atoms with Crippen LogP contribution in [0.5, 0.6) is 0 Å². The lowest BCUT2D eigenvalue weighted by Crippen LogP contribution is -2.65. The van der Waals surface area contributed by atoms with Crippen molar-refractivity contribution in [3.63, 3.8) is 0 Å². The number of aliphatic hydroxyl groups is 1. The fourth-order valence-electron chi connectivity index (χ4n) is 13.2. The van der Waals surface area contributed by atoms with Crippen LogP contribution in [0.25, 0.3) is 0 Å². The van der Waals surface area contributed by atoms with Crippen molar-refractivity contribution >= 4 is 11.8 Å². The maximum atomic E-state index is 14.4. The predicted octanol–water partition coefficient (Wildman–Crippen LogP) is 11.9. The van der Waals surface area contributed by atoms with Crippen LogP contribution in [0.3, 0.4) is 0 Å². The molecule has 0 saturated heterocycles. The maximum Gasteiger partial charge on any atom is 0.226 e. The van der Waals surface area contributed by atoms with E-state index in [4.69, 9.17) is 0 Å². The van der Waals surface area contributed by atoms with Gasteiger partial charge in [-0.3, -0.25) is 9.59 Å². The Morgan fingerprint density at radius 1 is 0.750 bits per heavy atom. The summed E-state index contributed by atoms with van der Waals surface area (Å²) in [5, 5.41) is 17.5. The lowest BCUT2D eigenvalue weighted by atomic mass is 9.33. The summed E-state index contributed by atoms with van der Waals surface area (Å²) in [4.78, 5) is 27.0. The highest BCUT2D eigenvalue weighted by Gasteiger charge is 2.69. The number of hydrogen-bond acceptors (Lipinski definition) is 3. The highest BCUT2D eigenvalue weighted by molar-refractivity contribution is 5.84. The minimum Gasteiger partial charge on any atom is -0.393 e. The van der Waals surface area contributed by atoms with E-state index in [2.05, 4.69) is 126 Å². The fourth-order valence-corrected chi connectivity index (χ4v) is 13.2. The molecule has 9 atom stereocenters. The van der Waals surface area contributed by atoms with Crippen LogP contribution in [0, 0.1) is 50.7 Å². The number of hydrogen-bond donors (Lipinski definition) is 3. The SMILES string of the molecule is CCC=CCC=CCC=CCC=CCC=CCCCC(=O)NCCNC(=O)C12CCCC(C)C1C1=CCC3C4(C)CCC(O)C(C)(C)C4CCC3(C)C1(C)CC2. The maximum absolute atomic E-state index is 14.4. The van der Waals surface area contributed by atoms with Crippen LogP contribution in [0.15, 0.2) is 72.4 Å². The zero-order valence-electron chi connectivity index (χ0n) is 36.6. The predicted molar refractivity (Wildman–Crippen MR) is 235 cm³/mol. The van der Waals surface area contributed by atoms with Gasteiger partial charge in [0.2, 0.25) is 11.8 Å². The molecule has 0 aliphatic heterocycles. The van der Waals surface area contributed by atoms with Crippen LogP contribution in [-0.2, 0) is 9.59 Å². The molecule has 5 rings (SSSR count). The summed E-state index contributed by atoms with van der Waals surface area (Å²) in [6, 6.07) is 0. The van der Waals surface area contributed by atoms with Gasteiger partial charge in [-0.1, -0.05) is 134 Å². The molecule has 0 aromatic carbocycles. The second-order valence-corrected chi connectivity index (χ2v) is 19.9. The molecule has 4 fully saturated rings. The summed E-state index contributed by atoms with van der Waals surface area (Å²) in [6.45, 7) is 18.0. The number of nitrogens with one attached hydrogen (secondary N) is 2. The first-order chi connectivity index (χ1) is 26.8. The molecule has 9 unspecified atom stereocenters. The molecule has 0 radical (unpaired) electrons. The standard InChI is InChI=1S/C51H80N2O3/c1-8-9-10-11-12-13-14-15-16-17-18-19-20-21-22-23-24-27-44(55)52-37-38-53-46(56)51-32-25-26-39(2)45(51)40-28-29-42-48(5)33-31-43(54)47(3,4)41(48)30-34-50(42,7)49(40,6)35-36-51/h9-10,12-13,15-16,18-19,21-22,28,39,41-43,45,54H,8,11,14,17,20,23-27,29-38H2,1-7H3,(H,52,55)(H,53,56). The van der Waals surface area contributed by atoms with Crippen molar-refractivity contribution in [2.24, 2.45) is 50.7 Å². The van der Waals surface area contributed by atoms with Crippen molar-refractivity contribution in [3.8, 4) is 0 Å². The molecule has 2 amide bonds. The van der Waals surface area contributed by atoms with Crippen LogP contribution in [0.2, 0.25) is 0 Å². The molecule has 0 bridgehead atoms. The second kappa shape index (κ2) is 19.4. The molecule has 5 heteroatoms. The zero-order chi connectivity index (χ0) is 40.5. The molecule has 56 heavy (non-hydrogen) atoms. The molecular formula is C51H80N2O3. The summed E-state index contributed by atoms with van der Waals surface area (Å²) < 4.78 is 0. The molecule has 3 N–H and O–H groups in total. The van der Waals surface area contributed by atoms with Gasteiger partial charge in [0.05, 0.1) is 11.5 Å². The van der Waals surface area contributed by atoms with Gasteiger partial charge in [0.25, 0.3) is 0 Å². The van der Waals surface area contributed by atoms with Crippen molar-refractivity contribution in [2.45, 2.75) is 170 Å². The first kappa shape index (κ1) is 44.4. The Balaban J connectivity index is 1.06. The van der Waals surface area contributed by atoms with E-state index in [0.717, 1.165) is 89.9 Å². The van der Waals surface area contributed by atoms with E-state index < -0.39 is 0 Å². The molecule has 5 nitrogen and oxygen atoms in total. The topological polar surface area (TPSA) is 78.4 Å². The average molecular weight is 769 g/mol. The van der Waals surface area contributed by atoms with Crippen LogP contribution in [0.1, 0.15) is 164 Å². The molecule has 0 aromatic rings. The van der Waals surface area contributed by atoms with E-state index in [1.807, 2.05) is 0 Å². The molecule has 5 aliphatic rings. The third-order valence-corrected chi connectivity index (χ3v) is 16.5. The molecule has 0 heterocycles. The van der Waals surface area contributed by atoms with E-state index >= 15 is 0 Å². The van der Waals surface area contributed by atoms with E-state index in [1.54, 1.807) is 5.57 Å². The number of rotatable bonds is 17. The van der Waals surface area contributed by atoms with Crippen LogP contribution in [0.4, 0.5) is 0 Å². The largest absolute Gasteiger partial charge is 0.393 e. The zero-order valence-corrected chi connectivity index (χ0v) is 36.6. The smallest absolute Gasteiger partial charge is 0.226 e. The van der Waals surface area contributed by atoms with Gasteiger partial charge in [-0.2, -0.15) is 0 Å². The van der Waals surface area contributed by atoms with Gasteiger partial charge in [0.15, 0.2) is 0 Å². The van der Waals surface area contributed by atoms with E-state index in [-0.39, 0.29) is 50.9 Å². The van der Waals surface area contributed by atoms with Crippen LogP contribution < -0.4 is 10.6 Å². The Morgan fingerprint density at radius 3 is 2.04 bits per heavy atom. The van der Waals surface area contributed by atoms with Gasteiger partial charge >= 0.3 is 0 Å². The molecule has 0 spiro atoms. The lowest BCUT2D eigenvalue weighted by Gasteiger charge is -2.71. The van der Waals surface area contributed by atoms with Gasteiger partial charge < -0.3 is 15.7 Å². The Morgan fingerprint density at radius 2 is 1.38 bits per heavy atom. The van der Waals surface area contributed by atoms with Gasteiger partial charge in [0, 0.05) is 19.5 Å². The number of amides is 2. The lowest BCUT2D eigenvalue weighted by molar-refractivity contribution is -0.203. The van der Waals surface area contributed by atoms with Gasteiger partial charge in [-0.25, -0.2) is 0 Å².